The molecule has 0 aliphatic rings. The van der Waals surface area contributed by atoms with E-state index in [1.165, 1.54) is 7.11 Å². The highest BCUT2D eigenvalue weighted by Crippen LogP contribution is 2.28. The standard InChI is InChI=1S/C19H20O4/c1-3-11-23-15-8-6-7-14(12-15)13-17(19(20)21)16-9-4-5-10-18(16)22-2/h4-10,12-13H,3,11H2,1-2H3,(H,20,21)/b17-13-. The van der Waals surface area contributed by atoms with Crippen molar-refractivity contribution in [3.05, 3.63) is 59.7 Å². The number of methoxy groups -OCH3 is 1. The van der Waals surface area contributed by atoms with Gasteiger partial charge >= 0.3 is 5.97 Å². The van der Waals surface area contributed by atoms with E-state index < -0.39 is 5.97 Å². The fourth-order valence-corrected chi connectivity index (χ4v) is 2.20. The number of carbonyl (C=O) groups is 1. The number of hydrogen-bond acceptors (Lipinski definition) is 3. The van der Waals surface area contributed by atoms with Gasteiger partial charge < -0.3 is 14.6 Å². The molecule has 2 aromatic rings. The van der Waals surface area contributed by atoms with E-state index in [9.17, 15) is 9.90 Å². The van der Waals surface area contributed by atoms with E-state index in [-0.39, 0.29) is 5.57 Å². The van der Waals surface area contributed by atoms with E-state index in [0.717, 1.165) is 17.7 Å². The third-order valence-electron chi connectivity index (χ3n) is 3.27. The van der Waals surface area contributed by atoms with Crippen LogP contribution >= 0.6 is 0 Å². The number of aliphatic carboxylic acids is 1. The number of rotatable bonds is 7. The summed E-state index contributed by atoms with van der Waals surface area (Å²) in [5.41, 5.74) is 1.49. The Kier molecular flexibility index (Phi) is 5.80. The Hall–Kier alpha value is -2.75. The first kappa shape index (κ1) is 16.6. The van der Waals surface area contributed by atoms with Crippen LogP contribution in [0.25, 0.3) is 11.6 Å². The normalized spacial score (nSPS) is 11.1. The zero-order chi connectivity index (χ0) is 16.7. The van der Waals surface area contributed by atoms with Crippen LogP contribution in [0.3, 0.4) is 0 Å². The van der Waals surface area contributed by atoms with Gasteiger partial charge in [0.05, 0.1) is 19.3 Å². The summed E-state index contributed by atoms with van der Waals surface area (Å²) in [6.45, 7) is 2.67. The summed E-state index contributed by atoms with van der Waals surface area (Å²) in [4.78, 5) is 11.7. The highest BCUT2D eigenvalue weighted by Gasteiger charge is 2.15. The third-order valence-corrected chi connectivity index (χ3v) is 3.27. The van der Waals surface area contributed by atoms with Crippen molar-refractivity contribution >= 4 is 17.6 Å². The zero-order valence-electron chi connectivity index (χ0n) is 13.3. The third kappa shape index (κ3) is 4.36. The molecule has 23 heavy (non-hydrogen) atoms. The molecule has 0 atom stereocenters. The van der Waals surface area contributed by atoms with Crippen LogP contribution < -0.4 is 9.47 Å². The maximum Gasteiger partial charge on any atom is 0.336 e. The molecule has 0 amide bonds. The van der Waals surface area contributed by atoms with Gasteiger partial charge in [-0.2, -0.15) is 0 Å². The predicted molar refractivity (Wildman–Crippen MR) is 90.7 cm³/mol. The minimum absolute atomic E-state index is 0.176. The van der Waals surface area contributed by atoms with Gasteiger partial charge in [-0.3, -0.25) is 0 Å². The molecule has 0 aromatic heterocycles. The quantitative estimate of drug-likeness (QED) is 0.617. The summed E-state index contributed by atoms with van der Waals surface area (Å²) in [6, 6.07) is 14.4. The van der Waals surface area contributed by atoms with Gasteiger partial charge in [-0.15, -0.1) is 0 Å². The molecule has 0 saturated heterocycles. The Morgan fingerprint density at radius 3 is 2.65 bits per heavy atom. The Bertz CT molecular complexity index is 704. The summed E-state index contributed by atoms with van der Waals surface area (Å²) in [5, 5.41) is 9.56. The average molecular weight is 312 g/mol. The molecule has 120 valence electrons. The Morgan fingerprint density at radius 2 is 1.96 bits per heavy atom. The maximum absolute atomic E-state index is 11.7. The molecule has 0 heterocycles. The number of carboxylic acid groups (broad SMARTS) is 1. The summed E-state index contributed by atoms with van der Waals surface area (Å²) in [7, 11) is 1.53. The van der Waals surface area contributed by atoms with Gasteiger partial charge in [0.25, 0.3) is 0 Å². The van der Waals surface area contributed by atoms with Crippen molar-refractivity contribution in [2.75, 3.05) is 13.7 Å². The van der Waals surface area contributed by atoms with Crippen molar-refractivity contribution in [1.82, 2.24) is 0 Å². The molecule has 0 fully saturated rings. The smallest absolute Gasteiger partial charge is 0.336 e. The molecule has 0 bridgehead atoms. The summed E-state index contributed by atoms with van der Waals surface area (Å²) >= 11 is 0. The van der Waals surface area contributed by atoms with Gasteiger partial charge in [-0.05, 0) is 36.3 Å². The Morgan fingerprint density at radius 1 is 1.17 bits per heavy atom. The molecule has 4 nitrogen and oxygen atoms in total. The van der Waals surface area contributed by atoms with Crippen molar-refractivity contribution in [1.29, 1.82) is 0 Å². The first-order valence-electron chi connectivity index (χ1n) is 7.47. The van der Waals surface area contributed by atoms with E-state index >= 15 is 0 Å². The second-order valence-electron chi connectivity index (χ2n) is 4.98. The van der Waals surface area contributed by atoms with E-state index in [1.54, 1.807) is 30.3 Å². The van der Waals surface area contributed by atoms with E-state index in [2.05, 4.69) is 0 Å². The van der Waals surface area contributed by atoms with Gasteiger partial charge in [0.2, 0.25) is 0 Å². The second-order valence-corrected chi connectivity index (χ2v) is 4.98. The van der Waals surface area contributed by atoms with Crippen LogP contribution in [0.5, 0.6) is 11.5 Å². The molecule has 0 aliphatic heterocycles. The summed E-state index contributed by atoms with van der Waals surface area (Å²) in [6.07, 6.45) is 2.54. The largest absolute Gasteiger partial charge is 0.496 e. The number of hydrogen-bond donors (Lipinski definition) is 1. The van der Waals surface area contributed by atoms with Crippen molar-refractivity contribution in [3.8, 4) is 11.5 Å². The minimum atomic E-state index is -1.01. The van der Waals surface area contributed by atoms with Crippen LogP contribution in [0.15, 0.2) is 48.5 Å². The fourth-order valence-electron chi connectivity index (χ4n) is 2.20. The lowest BCUT2D eigenvalue weighted by atomic mass is 10.0. The Labute approximate surface area is 136 Å². The highest BCUT2D eigenvalue weighted by atomic mass is 16.5. The van der Waals surface area contributed by atoms with Crippen LogP contribution in [0.1, 0.15) is 24.5 Å². The monoisotopic (exact) mass is 312 g/mol. The van der Waals surface area contributed by atoms with Crippen molar-refractivity contribution in [2.45, 2.75) is 13.3 Å². The molecule has 2 aromatic carbocycles. The lowest BCUT2D eigenvalue weighted by Crippen LogP contribution is -2.02. The van der Waals surface area contributed by atoms with Crippen LogP contribution in [0.2, 0.25) is 0 Å². The molecule has 4 heteroatoms. The van der Waals surface area contributed by atoms with Crippen molar-refractivity contribution in [2.24, 2.45) is 0 Å². The van der Waals surface area contributed by atoms with E-state index in [0.29, 0.717) is 17.9 Å². The van der Waals surface area contributed by atoms with E-state index in [1.807, 2.05) is 31.2 Å². The Balaban J connectivity index is 2.41. The number of ether oxygens (including phenoxy) is 2. The van der Waals surface area contributed by atoms with Crippen molar-refractivity contribution in [3.63, 3.8) is 0 Å². The molecule has 2 rings (SSSR count). The number of benzene rings is 2. The number of para-hydroxylation sites is 1. The second kappa shape index (κ2) is 8.03. The average Bonchev–Trinajstić information content (AvgIpc) is 2.58. The van der Waals surface area contributed by atoms with Crippen molar-refractivity contribution < 1.29 is 19.4 Å². The minimum Gasteiger partial charge on any atom is -0.496 e. The molecule has 0 spiro atoms. The lowest BCUT2D eigenvalue weighted by Gasteiger charge is -2.10. The topological polar surface area (TPSA) is 55.8 Å². The molecule has 0 aliphatic carbocycles. The maximum atomic E-state index is 11.7. The van der Waals surface area contributed by atoms with Crippen LogP contribution in [0.4, 0.5) is 0 Å². The summed E-state index contributed by atoms with van der Waals surface area (Å²) < 4.78 is 10.8. The van der Waals surface area contributed by atoms with Crippen LogP contribution in [0, 0.1) is 0 Å². The van der Waals surface area contributed by atoms with Crippen LogP contribution in [-0.4, -0.2) is 24.8 Å². The first-order chi connectivity index (χ1) is 11.2. The summed E-state index contributed by atoms with van der Waals surface area (Å²) in [5.74, 6) is 0.249. The first-order valence-corrected chi connectivity index (χ1v) is 7.47. The van der Waals surface area contributed by atoms with Gasteiger partial charge in [-0.25, -0.2) is 4.79 Å². The van der Waals surface area contributed by atoms with Gasteiger partial charge in [-0.1, -0.05) is 37.3 Å². The number of carboxylic acids is 1. The molecular weight excluding hydrogens is 292 g/mol. The molecule has 0 unspecified atom stereocenters. The fraction of sp³-hybridized carbons (Fsp3) is 0.211. The SMILES string of the molecule is CCCOc1cccc(/C=C(\C(=O)O)c2ccccc2OC)c1. The molecular formula is C19H20O4. The molecule has 1 N–H and O–H groups in total. The molecule has 0 radical (unpaired) electrons. The lowest BCUT2D eigenvalue weighted by molar-refractivity contribution is -0.130. The van der Waals surface area contributed by atoms with Gasteiger partial charge in [0.15, 0.2) is 0 Å². The predicted octanol–water partition coefficient (Wildman–Crippen LogP) is 4.11. The molecule has 0 saturated carbocycles. The van der Waals surface area contributed by atoms with Crippen LogP contribution in [-0.2, 0) is 4.79 Å². The van der Waals surface area contributed by atoms with Gasteiger partial charge in [0.1, 0.15) is 11.5 Å². The highest BCUT2D eigenvalue weighted by molar-refractivity contribution is 6.21. The van der Waals surface area contributed by atoms with E-state index in [4.69, 9.17) is 9.47 Å². The van der Waals surface area contributed by atoms with Gasteiger partial charge in [0, 0.05) is 5.56 Å². The zero-order valence-corrected chi connectivity index (χ0v) is 13.3.